The van der Waals surface area contributed by atoms with Crippen LogP contribution < -0.4 is 19.5 Å². The third-order valence-electron chi connectivity index (χ3n) is 4.97. The van der Waals surface area contributed by atoms with Gasteiger partial charge in [-0.2, -0.15) is 0 Å². The number of fused-ring (bicyclic) bond motifs is 1. The summed E-state index contributed by atoms with van der Waals surface area (Å²) in [6.45, 7) is 5.72. The number of nitrogens with one attached hydrogen (secondary N) is 1. The maximum atomic E-state index is 6.10. The van der Waals surface area contributed by atoms with Crippen molar-refractivity contribution in [1.29, 1.82) is 0 Å². The molecule has 0 aromatic heterocycles. The van der Waals surface area contributed by atoms with Crippen LogP contribution in [0.3, 0.4) is 0 Å². The quantitative estimate of drug-likeness (QED) is 0.375. The molecule has 1 saturated heterocycles. The molecule has 0 spiro atoms. The Bertz CT molecular complexity index is 808. The van der Waals surface area contributed by atoms with Gasteiger partial charge in [-0.3, -0.25) is 0 Å². The number of halogens is 1. The van der Waals surface area contributed by atoms with Crippen LogP contribution >= 0.6 is 24.0 Å². The van der Waals surface area contributed by atoms with Crippen LogP contribution in [-0.2, 0) is 6.54 Å². The molecule has 29 heavy (non-hydrogen) atoms. The number of ether oxygens (including phenoxy) is 3. The highest BCUT2D eigenvalue weighted by Crippen LogP contribution is 2.32. The van der Waals surface area contributed by atoms with Gasteiger partial charge in [-0.15, -0.1) is 24.0 Å². The lowest BCUT2D eigenvalue weighted by Gasteiger charge is -2.34. The molecule has 2 aromatic rings. The SMILES string of the molecule is CCNC(=NCc1ccc2c(c1)OCO2)N1CCC(Oc2ccccc2)CC1.I. The first-order chi connectivity index (χ1) is 13.8. The fraction of sp³-hybridized carbons (Fsp3) is 0.409. The minimum Gasteiger partial charge on any atom is -0.490 e. The molecule has 2 aliphatic heterocycles. The van der Waals surface area contributed by atoms with Crippen molar-refractivity contribution in [2.24, 2.45) is 4.99 Å². The summed E-state index contributed by atoms with van der Waals surface area (Å²) >= 11 is 0. The van der Waals surface area contributed by atoms with E-state index in [0.717, 1.165) is 61.2 Å². The number of guanidine groups is 1. The van der Waals surface area contributed by atoms with Crippen LogP contribution in [-0.4, -0.2) is 43.4 Å². The van der Waals surface area contributed by atoms with Gasteiger partial charge >= 0.3 is 0 Å². The number of rotatable bonds is 5. The van der Waals surface area contributed by atoms with Crippen molar-refractivity contribution < 1.29 is 14.2 Å². The van der Waals surface area contributed by atoms with E-state index in [1.165, 1.54) is 0 Å². The van der Waals surface area contributed by atoms with Gasteiger partial charge in [-0.25, -0.2) is 4.99 Å². The third-order valence-corrected chi connectivity index (χ3v) is 4.97. The second-order valence-corrected chi connectivity index (χ2v) is 6.98. The number of likely N-dealkylation sites (tertiary alicyclic amines) is 1. The van der Waals surface area contributed by atoms with Crippen molar-refractivity contribution in [3.63, 3.8) is 0 Å². The van der Waals surface area contributed by atoms with Gasteiger partial charge < -0.3 is 24.4 Å². The first kappa shape index (κ1) is 21.5. The Morgan fingerprint density at radius 3 is 2.62 bits per heavy atom. The molecule has 1 N–H and O–H groups in total. The van der Waals surface area contributed by atoms with Crippen LogP contribution in [0, 0.1) is 0 Å². The molecule has 4 rings (SSSR count). The average molecular weight is 509 g/mol. The molecular formula is C22H28IN3O3. The molecule has 0 amide bonds. The molecule has 2 aromatic carbocycles. The maximum Gasteiger partial charge on any atom is 0.231 e. The minimum atomic E-state index is 0. The predicted octanol–water partition coefficient (Wildman–Crippen LogP) is 4.04. The summed E-state index contributed by atoms with van der Waals surface area (Å²) in [6, 6.07) is 16.1. The lowest BCUT2D eigenvalue weighted by Crippen LogP contribution is -2.47. The molecule has 0 saturated carbocycles. The molecule has 0 radical (unpaired) electrons. The summed E-state index contributed by atoms with van der Waals surface area (Å²) in [7, 11) is 0. The van der Waals surface area contributed by atoms with E-state index in [1.54, 1.807) is 0 Å². The zero-order chi connectivity index (χ0) is 19.2. The summed E-state index contributed by atoms with van der Waals surface area (Å²) in [4.78, 5) is 7.16. The molecular weight excluding hydrogens is 481 g/mol. The maximum absolute atomic E-state index is 6.10. The molecule has 0 aliphatic carbocycles. The number of hydrogen-bond donors (Lipinski definition) is 1. The van der Waals surface area contributed by atoms with Crippen molar-refractivity contribution >= 4 is 29.9 Å². The number of hydrogen-bond acceptors (Lipinski definition) is 4. The van der Waals surface area contributed by atoms with Gasteiger partial charge in [0, 0.05) is 32.5 Å². The topological polar surface area (TPSA) is 55.3 Å². The Morgan fingerprint density at radius 2 is 1.86 bits per heavy atom. The normalized spacial score (nSPS) is 16.3. The largest absolute Gasteiger partial charge is 0.490 e. The Kier molecular flexibility index (Phi) is 7.85. The van der Waals surface area contributed by atoms with Gasteiger partial charge in [0.05, 0.1) is 6.54 Å². The Labute approximate surface area is 189 Å². The number of para-hydroxylation sites is 1. The fourth-order valence-electron chi connectivity index (χ4n) is 3.51. The van der Waals surface area contributed by atoms with Crippen molar-refractivity contribution in [1.82, 2.24) is 10.2 Å². The van der Waals surface area contributed by atoms with E-state index in [0.29, 0.717) is 13.3 Å². The van der Waals surface area contributed by atoms with Crippen LogP contribution in [0.4, 0.5) is 0 Å². The number of nitrogens with zero attached hydrogens (tertiary/aromatic N) is 2. The summed E-state index contributed by atoms with van der Waals surface area (Å²) < 4.78 is 16.9. The zero-order valence-electron chi connectivity index (χ0n) is 16.7. The molecule has 0 unspecified atom stereocenters. The number of piperidine rings is 1. The van der Waals surface area contributed by atoms with Crippen LogP contribution in [0.1, 0.15) is 25.3 Å². The molecule has 156 valence electrons. The molecule has 1 fully saturated rings. The van der Waals surface area contributed by atoms with Gasteiger partial charge in [-0.1, -0.05) is 24.3 Å². The van der Waals surface area contributed by atoms with Crippen molar-refractivity contribution in [2.45, 2.75) is 32.4 Å². The Balaban J connectivity index is 0.00000240. The van der Waals surface area contributed by atoms with Gasteiger partial charge in [-0.05, 0) is 36.8 Å². The van der Waals surface area contributed by atoms with Crippen LogP contribution in [0.5, 0.6) is 17.2 Å². The lowest BCUT2D eigenvalue weighted by molar-refractivity contribution is 0.129. The Morgan fingerprint density at radius 1 is 1.10 bits per heavy atom. The smallest absolute Gasteiger partial charge is 0.231 e. The highest BCUT2D eigenvalue weighted by Gasteiger charge is 2.22. The predicted molar refractivity (Wildman–Crippen MR) is 124 cm³/mol. The van der Waals surface area contributed by atoms with E-state index >= 15 is 0 Å². The van der Waals surface area contributed by atoms with Crippen LogP contribution in [0.15, 0.2) is 53.5 Å². The molecule has 6 nitrogen and oxygen atoms in total. The van der Waals surface area contributed by atoms with E-state index in [1.807, 2.05) is 48.5 Å². The highest BCUT2D eigenvalue weighted by molar-refractivity contribution is 14.0. The second-order valence-electron chi connectivity index (χ2n) is 6.98. The highest BCUT2D eigenvalue weighted by atomic mass is 127. The zero-order valence-corrected chi connectivity index (χ0v) is 19.0. The fourth-order valence-corrected chi connectivity index (χ4v) is 3.51. The number of benzene rings is 2. The third kappa shape index (κ3) is 5.68. The van der Waals surface area contributed by atoms with Crippen LogP contribution in [0.2, 0.25) is 0 Å². The molecule has 7 heteroatoms. The van der Waals surface area contributed by atoms with Gasteiger partial charge in [0.15, 0.2) is 17.5 Å². The average Bonchev–Trinajstić information content (AvgIpc) is 3.20. The van der Waals surface area contributed by atoms with Crippen LogP contribution in [0.25, 0.3) is 0 Å². The summed E-state index contributed by atoms with van der Waals surface area (Å²) in [5, 5.41) is 3.42. The van der Waals surface area contributed by atoms with Crippen molar-refractivity contribution in [2.75, 3.05) is 26.4 Å². The standard InChI is InChI=1S/C22H27N3O3.HI/c1-2-23-22(24-15-17-8-9-20-21(14-17)27-16-26-20)25-12-10-19(11-13-25)28-18-6-4-3-5-7-18;/h3-9,14,19H,2,10-13,15-16H2,1H3,(H,23,24);1H. The van der Waals surface area contributed by atoms with Crippen molar-refractivity contribution in [3.8, 4) is 17.2 Å². The lowest BCUT2D eigenvalue weighted by atomic mass is 10.1. The van der Waals surface area contributed by atoms with Crippen molar-refractivity contribution in [3.05, 3.63) is 54.1 Å². The van der Waals surface area contributed by atoms with E-state index in [4.69, 9.17) is 19.2 Å². The van der Waals surface area contributed by atoms with Gasteiger partial charge in [0.2, 0.25) is 6.79 Å². The second kappa shape index (κ2) is 10.6. The first-order valence-electron chi connectivity index (χ1n) is 9.95. The summed E-state index contributed by atoms with van der Waals surface area (Å²) in [5.41, 5.74) is 1.11. The minimum absolute atomic E-state index is 0. The first-order valence-corrected chi connectivity index (χ1v) is 9.95. The number of aliphatic imine (C=N–C) groups is 1. The molecule has 2 heterocycles. The molecule has 0 atom stereocenters. The molecule has 0 bridgehead atoms. The monoisotopic (exact) mass is 509 g/mol. The van der Waals surface area contributed by atoms with E-state index < -0.39 is 0 Å². The van der Waals surface area contributed by atoms with E-state index in [-0.39, 0.29) is 30.1 Å². The van der Waals surface area contributed by atoms with Gasteiger partial charge in [0.1, 0.15) is 11.9 Å². The van der Waals surface area contributed by atoms with E-state index in [2.05, 4.69) is 17.1 Å². The summed E-state index contributed by atoms with van der Waals surface area (Å²) in [5.74, 6) is 3.51. The molecule has 2 aliphatic rings. The van der Waals surface area contributed by atoms with Gasteiger partial charge in [0.25, 0.3) is 0 Å². The van der Waals surface area contributed by atoms with E-state index in [9.17, 15) is 0 Å². The summed E-state index contributed by atoms with van der Waals surface area (Å²) in [6.07, 6.45) is 2.24. The Hall–Kier alpha value is -2.16.